The zero-order chi connectivity index (χ0) is 17.9. The molecule has 3 rings (SSSR count). The zero-order valence-corrected chi connectivity index (χ0v) is 16.0. The van der Waals surface area contributed by atoms with Crippen LogP contribution in [0.15, 0.2) is 6.07 Å². The van der Waals surface area contributed by atoms with E-state index in [1.807, 2.05) is 6.92 Å². The maximum atomic E-state index is 10.0. The molecule has 2 saturated heterocycles. The lowest BCUT2D eigenvalue weighted by atomic mass is 9.77. The first-order chi connectivity index (χ1) is 12.0. The van der Waals surface area contributed by atoms with E-state index in [9.17, 15) is 5.11 Å². The monoisotopic (exact) mass is 347 g/mol. The van der Waals surface area contributed by atoms with Gasteiger partial charge in [-0.1, -0.05) is 13.3 Å². The van der Waals surface area contributed by atoms with E-state index in [0.29, 0.717) is 0 Å². The fourth-order valence-electron chi connectivity index (χ4n) is 4.24. The molecule has 2 fully saturated rings. The van der Waals surface area contributed by atoms with Gasteiger partial charge in [0.05, 0.1) is 6.61 Å². The van der Waals surface area contributed by atoms with E-state index >= 15 is 0 Å². The molecule has 1 aromatic heterocycles. The van der Waals surface area contributed by atoms with Gasteiger partial charge in [-0.15, -0.1) is 0 Å². The summed E-state index contributed by atoms with van der Waals surface area (Å²) in [5.74, 6) is 2.91. The summed E-state index contributed by atoms with van der Waals surface area (Å²) in [4.78, 5) is 16.5. The van der Waals surface area contributed by atoms with E-state index in [0.717, 1.165) is 82.4 Å². The Morgan fingerprint density at radius 3 is 2.40 bits per heavy atom. The summed E-state index contributed by atoms with van der Waals surface area (Å²) in [6.07, 6.45) is 4.43. The topological polar surface area (TPSA) is 55.7 Å². The lowest BCUT2D eigenvalue weighted by Crippen LogP contribution is -2.46. The van der Waals surface area contributed by atoms with Crippen molar-refractivity contribution in [2.24, 2.45) is 5.41 Å². The Bertz CT molecular complexity index is 569. The Balaban J connectivity index is 1.79. The number of nitrogens with zero attached hydrogens (tertiary/aromatic N) is 5. The van der Waals surface area contributed by atoms with Crippen LogP contribution in [0.2, 0.25) is 0 Å². The highest BCUT2D eigenvalue weighted by atomic mass is 16.3. The van der Waals surface area contributed by atoms with Crippen LogP contribution >= 0.6 is 0 Å². The molecule has 6 heteroatoms. The molecule has 6 nitrogen and oxygen atoms in total. The van der Waals surface area contributed by atoms with Gasteiger partial charge >= 0.3 is 0 Å². The molecule has 0 spiro atoms. The molecule has 1 aromatic rings. The summed E-state index contributed by atoms with van der Waals surface area (Å²) < 4.78 is 0. The summed E-state index contributed by atoms with van der Waals surface area (Å²) in [5, 5.41) is 10.0. The van der Waals surface area contributed by atoms with Crippen molar-refractivity contribution in [2.75, 3.05) is 62.7 Å². The second-order valence-electron chi connectivity index (χ2n) is 7.86. The summed E-state index contributed by atoms with van der Waals surface area (Å²) in [5.41, 5.74) is 0.0276. The van der Waals surface area contributed by atoms with Gasteiger partial charge in [-0.05, 0) is 33.2 Å². The fourth-order valence-corrected chi connectivity index (χ4v) is 4.24. The van der Waals surface area contributed by atoms with Crippen LogP contribution < -0.4 is 9.80 Å². The summed E-state index contributed by atoms with van der Waals surface area (Å²) in [6.45, 7) is 10.6. The summed E-state index contributed by atoms with van der Waals surface area (Å²) >= 11 is 0. The lowest BCUT2D eigenvalue weighted by molar-refractivity contribution is 0.0952. The first-order valence-electron chi connectivity index (χ1n) is 9.70. The van der Waals surface area contributed by atoms with Gasteiger partial charge in [0.15, 0.2) is 0 Å². The minimum atomic E-state index is 0.0276. The highest BCUT2D eigenvalue weighted by molar-refractivity contribution is 5.52. The molecule has 140 valence electrons. The van der Waals surface area contributed by atoms with E-state index in [1.165, 1.54) is 0 Å². The van der Waals surface area contributed by atoms with Crippen LogP contribution in [0, 0.1) is 12.3 Å². The number of anilines is 2. The number of aliphatic hydroxyl groups excluding tert-OH is 1. The van der Waals surface area contributed by atoms with Gasteiger partial charge in [0.2, 0.25) is 0 Å². The molecule has 2 aliphatic heterocycles. The van der Waals surface area contributed by atoms with Crippen molar-refractivity contribution in [1.29, 1.82) is 0 Å². The van der Waals surface area contributed by atoms with Gasteiger partial charge in [0.1, 0.15) is 17.5 Å². The SMILES string of the molecule is CCCC1(CO)CCCN(c2cc(N3CCN(C)CC3)nc(C)n2)C1. The van der Waals surface area contributed by atoms with E-state index in [-0.39, 0.29) is 12.0 Å². The predicted octanol–water partition coefficient (Wildman–Crippen LogP) is 1.92. The second-order valence-corrected chi connectivity index (χ2v) is 7.86. The Morgan fingerprint density at radius 1 is 1.08 bits per heavy atom. The van der Waals surface area contributed by atoms with Crippen LogP contribution in [0.25, 0.3) is 0 Å². The van der Waals surface area contributed by atoms with Crippen molar-refractivity contribution >= 4 is 11.6 Å². The molecule has 1 unspecified atom stereocenters. The van der Waals surface area contributed by atoms with E-state index < -0.39 is 0 Å². The van der Waals surface area contributed by atoms with E-state index in [2.05, 4.69) is 34.7 Å². The number of likely N-dealkylation sites (N-methyl/N-ethyl adjacent to an activating group) is 1. The largest absolute Gasteiger partial charge is 0.396 e. The molecule has 0 saturated carbocycles. The van der Waals surface area contributed by atoms with Gasteiger partial charge in [-0.3, -0.25) is 0 Å². The number of aryl methyl sites for hydroxylation is 1. The van der Waals surface area contributed by atoms with Crippen molar-refractivity contribution in [1.82, 2.24) is 14.9 Å². The molecule has 0 aromatic carbocycles. The number of rotatable bonds is 5. The third-order valence-corrected chi connectivity index (χ3v) is 5.74. The summed E-state index contributed by atoms with van der Waals surface area (Å²) in [6, 6.07) is 2.15. The van der Waals surface area contributed by atoms with Gasteiger partial charge in [0.25, 0.3) is 0 Å². The van der Waals surface area contributed by atoms with Crippen LogP contribution in [0.3, 0.4) is 0 Å². The molecule has 0 radical (unpaired) electrons. The number of piperazine rings is 1. The second kappa shape index (κ2) is 7.87. The Kier molecular flexibility index (Phi) is 5.79. The van der Waals surface area contributed by atoms with Crippen molar-refractivity contribution in [3.05, 3.63) is 11.9 Å². The normalized spacial score (nSPS) is 25.4. The van der Waals surface area contributed by atoms with Crippen molar-refractivity contribution in [2.45, 2.75) is 39.5 Å². The van der Waals surface area contributed by atoms with Crippen molar-refractivity contribution in [3.8, 4) is 0 Å². The lowest BCUT2D eigenvalue weighted by Gasteiger charge is -2.42. The minimum absolute atomic E-state index is 0.0276. The highest BCUT2D eigenvalue weighted by Crippen LogP contribution is 2.36. The van der Waals surface area contributed by atoms with E-state index in [4.69, 9.17) is 9.97 Å². The van der Waals surface area contributed by atoms with Crippen LogP contribution in [-0.4, -0.2) is 72.9 Å². The van der Waals surface area contributed by atoms with Crippen LogP contribution in [-0.2, 0) is 0 Å². The number of piperidine rings is 1. The van der Waals surface area contributed by atoms with Crippen LogP contribution in [0.5, 0.6) is 0 Å². The average Bonchev–Trinajstić information content (AvgIpc) is 2.62. The minimum Gasteiger partial charge on any atom is -0.396 e. The zero-order valence-electron chi connectivity index (χ0n) is 16.0. The molecule has 25 heavy (non-hydrogen) atoms. The number of aliphatic hydroxyl groups is 1. The van der Waals surface area contributed by atoms with Gasteiger partial charge in [-0.25, -0.2) is 9.97 Å². The van der Waals surface area contributed by atoms with Crippen molar-refractivity contribution < 1.29 is 5.11 Å². The maximum absolute atomic E-state index is 10.0. The number of hydrogen-bond acceptors (Lipinski definition) is 6. The number of hydrogen-bond donors (Lipinski definition) is 1. The van der Waals surface area contributed by atoms with Gasteiger partial charge in [0, 0.05) is 50.7 Å². The third kappa shape index (κ3) is 4.23. The molecular weight excluding hydrogens is 314 g/mol. The molecule has 0 aliphatic carbocycles. The Hall–Kier alpha value is -1.40. The Labute approximate surface area is 151 Å². The first kappa shape index (κ1) is 18.4. The molecule has 1 atom stereocenters. The van der Waals surface area contributed by atoms with Crippen molar-refractivity contribution in [3.63, 3.8) is 0 Å². The van der Waals surface area contributed by atoms with Gasteiger partial charge < -0.3 is 19.8 Å². The number of aromatic nitrogens is 2. The molecule has 1 N–H and O–H groups in total. The molecular formula is C19H33N5O. The van der Waals surface area contributed by atoms with Crippen LogP contribution in [0.1, 0.15) is 38.4 Å². The molecule has 0 bridgehead atoms. The Morgan fingerprint density at radius 2 is 1.76 bits per heavy atom. The van der Waals surface area contributed by atoms with Crippen LogP contribution in [0.4, 0.5) is 11.6 Å². The first-order valence-corrected chi connectivity index (χ1v) is 9.70. The molecule has 2 aliphatic rings. The van der Waals surface area contributed by atoms with Gasteiger partial charge in [-0.2, -0.15) is 0 Å². The highest BCUT2D eigenvalue weighted by Gasteiger charge is 2.35. The standard InChI is InChI=1S/C19H33N5O/c1-4-6-19(15-25)7-5-8-24(14-19)18-13-17(20-16(2)21-18)23-11-9-22(3)10-12-23/h13,25H,4-12,14-15H2,1-3H3. The summed E-state index contributed by atoms with van der Waals surface area (Å²) in [7, 11) is 2.17. The fraction of sp³-hybridized carbons (Fsp3) is 0.789. The third-order valence-electron chi connectivity index (χ3n) is 5.74. The maximum Gasteiger partial charge on any atom is 0.134 e. The smallest absolute Gasteiger partial charge is 0.134 e. The van der Waals surface area contributed by atoms with E-state index in [1.54, 1.807) is 0 Å². The molecule has 3 heterocycles. The predicted molar refractivity (Wildman–Crippen MR) is 102 cm³/mol. The molecule has 0 amide bonds. The quantitative estimate of drug-likeness (QED) is 0.878. The average molecular weight is 348 g/mol.